The van der Waals surface area contributed by atoms with Gasteiger partial charge < -0.3 is 10.1 Å². The summed E-state index contributed by atoms with van der Waals surface area (Å²) in [5.41, 5.74) is -0.421. The number of hydrogen-bond donors (Lipinski definition) is 1. The summed E-state index contributed by atoms with van der Waals surface area (Å²) >= 11 is 0. The molecule has 0 saturated carbocycles. The number of nitrogens with zero attached hydrogens (tertiary/aromatic N) is 2. The molecule has 176 valence electrons. The van der Waals surface area contributed by atoms with Gasteiger partial charge in [-0.25, -0.2) is 13.2 Å². The first-order valence-electron chi connectivity index (χ1n) is 10.1. The predicted molar refractivity (Wildman–Crippen MR) is 116 cm³/mol. The molecule has 2 aromatic rings. The number of nitrogens with one attached hydrogen (secondary N) is 1. The summed E-state index contributed by atoms with van der Waals surface area (Å²) < 4.78 is 45.7. The van der Waals surface area contributed by atoms with Crippen LogP contribution >= 0.6 is 0 Å². The average molecular weight is 479 g/mol. The van der Waals surface area contributed by atoms with Gasteiger partial charge >= 0.3 is 11.7 Å². The van der Waals surface area contributed by atoms with Crippen molar-refractivity contribution in [2.45, 2.75) is 31.1 Å². The second kappa shape index (κ2) is 10.0. The highest BCUT2D eigenvalue weighted by molar-refractivity contribution is 7.89. The van der Waals surface area contributed by atoms with Crippen molar-refractivity contribution in [1.82, 2.24) is 4.31 Å². The van der Waals surface area contributed by atoms with E-state index in [9.17, 15) is 32.5 Å². The van der Waals surface area contributed by atoms with Gasteiger partial charge in [0.15, 0.2) is 6.61 Å². The third kappa shape index (κ3) is 5.71. The van der Waals surface area contributed by atoms with Gasteiger partial charge in [0.05, 0.1) is 15.4 Å². The quantitative estimate of drug-likeness (QED) is 0.366. The topological polar surface area (TPSA) is 136 Å². The molecule has 0 bridgehead atoms. The minimum atomic E-state index is -3.77. The number of ether oxygens (including phenoxy) is 1. The second-order valence-corrected chi connectivity index (χ2v) is 9.40. The van der Waals surface area contributed by atoms with E-state index < -0.39 is 44.9 Å². The van der Waals surface area contributed by atoms with Gasteiger partial charge in [-0.1, -0.05) is 12.5 Å². The number of anilines is 1. The zero-order valence-corrected chi connectivity index (χ0v) is 18.6. The van der Waals surface area contributed by atoms with Crippen LogP contribution in [0.5, 0.6) is 0 Å². The third-order valence-electron chi connectivity index (χ3n) is 5.12. The Hall–Kier alpha value is -3.38. The molecule has 10 nitrogen and oxygen atoms in total. The summed E-state index contributed by atoms with van der Waals surface area (Å²) in [5, 5.41) is 13.1. The van der Waals surface area contributed by atoms with Crippen LogP contribution in [0.3, 0.4) is 0 Å². The first kappa shape index (κ1) is 24.3. The number of benzene rings is 2. The molecule has 1 fully saturated rings. The third-order valence-corrected chi connectivity index (χ3v) is 7.16. The molecule has 33 heavy (non-hydrogen) atoms. The van der Waals surface area contributed by atoms with Crippen LogP contribution in [0.2, 0.25) is 0 Å². The van der Waals surface area contributed by atoms with E-state index >= 15 is 0 Å². The van der Waals surface area contributed by atoms with Crippen molar-refractivity contribution in [3.8, 4) is 0 Å². The van der Waals surface area contributed by atoms with Crippen LogP contribution in [0, 0.1) is 22.9 Å². The van der Waals surface area contributed by atoms with E-state index in [-0.39, 0.29) is 16.1 Å². The van der Waals surface area contributed by atoms with E-state index in [1.165, 1.54) is 22.5 Å². The van der Waals surface area contributed by atoms with E-state index in [2.05, 4.69) is 5.32 Å². The van der Waals surface area contributed by atoms with Crippen molar-refractivity contribution in [3.05, 3.63) is 63.5 Å². The van der Waals surface area contributed by atoms with Gasteiger partial charge in [-0.2, -0.15) is 8.70 Å². The maximum Gasteiger partial charge on any atom is 0.338 e. The van der Waals surface area contributed by atoms with Gasteiger partial charge in [-0.05, 0) is 49.6 Å². The van der Waals surface area contributed by atoms with Crippen LogP contribution in [0.25, 0.3) is 0 Å². The molecule has 1 saturated heterocycles. The maximum absolute atomic E-state index is 13.4. The van der Waals surface area contributed by atoms with Crippen molar-refractivity contribution in [1.29, 1.82) is 0 Å². The minimum absolute atomic E-state index is 0.00178. The fourth-order valence-corrected chi connectivity index (χ4v) is 5.16. The Morgan fingerprint density at radius 1 is 1.15 bits per heavy atom. The van der Waals surface area contributed by atoms with E-state index in [1.54, 1.807) is 6.92 Å². The number of nitro groups is 1. The number of esters is 1. The molecule has 0 aromatic heterocycles. The minimum Gasteiger partial charge on any atom is -0.452 e. The molecule has 12 heteroatoms. The number of nitro benzene ring substituents is 1. The lowest BCUT2D eigenvalue weighted by molar-refractivity contribution is -0.387. The lowest BCUT2D eigenvalue weighted by Crippen LogP contribution is -2.36. The highest BCUT2D eigenvalue weighted by Gasteiger charge is 2.28. The highest BCUT2D eigenvalue weighted by atomic mass is 32.2. The van der Waals surface area contributed by atoms with Crippen molar-refractivity contribution >= 4 is 33.3 Å². The molecule has 2 aromatic carbocycles. The Kier molecular flexibility index (Phi) is 7.39. The Balaban J connectivity index is 1.67. The molecule has 0 spiro atoms. The average Bonchev–Trinajstić information content (AvgIpc) is 2.79. The number of carbonyl (C=O) groups is 2. The Bertz CT molecular complexity index is 1190. The fourth-order valence-electron chi connectivity index (χ4n) is 3.39. The van der Waals surface area contributed by atoms with Crippen LogP contribution in [-0.2, 0) is 19.6 Å². The van der Waals surface area contributed by atoms with Crippen molar-refractivity contribution in [2.24, 2.45) is 0 Å². The largest absolute Gasteiger partial charge is 0.452 e. The van der Waals surface area contributed by atoms with Crippen LogP contribution in [0.15, 0.2) is 41.3 Å². The normalized spacial score (nSPS) is 14.5. The number of sulfonamides is 1. The number of carbonyl (C=O) groups excluding carboxylic acids is 2. The van der Waals surface area contributed by atoms with E-state index in [4.69, 9.17) is 4.74 Å². The standard InChI is InChI=1S/C21H22FN3O7S/c1-14-5-6-15(11-19(14)33(30,31)24-9-3-2-4-10-24)21(27)32-13-20(26)23-16-7-8-17(22)18(12-16)25(28)29/h5-8,11-12H,2-4,9-10,13H2,1H3,(H,23,26). The summed E-state index contributed by atoms with van der Waals surface area (Å²) in [5.74, 6) is -2.78. The molecule has 3 rings (SSSR count). The SMILES string of the molecule is Cc1ccc(C(=O)OCC(=O)Nc2ccc(F)c([N+](=O)[O-])c2)cc1S(=O)(=O)N1CCCCC1. The fraction of sp³-hybridized carbons (Fsp3) is 0.333. The number of halogens is 1. The Morgan fingerprint density at radius 3 is 2.52 bits per heavy atom. The monoisotopic (exact) mass is 479 g/mol. The van der Waals surface area contributed by atoms with Crippen molar-refractivity contribution < 1.29 is 32.1 Å². The van der Waals surface area contributed by atoms with Crippen LogP contribution in [0.1, 0.15) is 35.2 Å². The molecule has 0 atom stereocenters. The van der Waals surface area contributed by atoms with Gasteiger partial charge in [0.2, 0.25) is 15.8 Å². The molecule has 1 N–H and O–H groups in total. The number of piperidine rings is 1. The molecule has 1 aliphatic heterocycles. The highest BCUT2D eigenvalue weighted by Crippen LogP contribution is 2.25. The van der Waals surface area contributed by atoms with Gasteiger partial charge in [0, 0.05) is 24.8 Å². The van der Waals surface area contributed by atoms with Gasteiger partial charge in [0.1, 0.15) is 0 Å². The maximum atomic E-state index is 13.4. The zero-order valence-electron chi connectivity index (χ0n) is 17.7. The molecular weight excluding hydrogens is 457 g/mol. The number of hydrogen-bond acceptors (Lipinski definition) is 7. The van der Waals surface area contributed by atoms with Crippen LogP contribution in [-0.4, -0.2) is 49.2 Å². The van der Waals surface area contributed by atoms with Crippen LogP contribution < -0.4 is 5.32 Å². The summed E-state index contributed by atoms with van der Waals surface area (Å²) in [6, 6.07) is 6.91. The molecule has 0 unspecified atom stereocenters. The molecule has 0 aliphatic carbocycles. The molecule has 1 amide bonds. The van der Waals surface area contributed by atoms with E-state index in [0.717, 1.165) is 37.5 Å². The van der Waals surface area contributed by atoms with Gasteiger partial charge in [-0.3, -0.25) is 14.9 Å². The zero-order chi connectivity index (χ0) is 24.2. The van der Waals surface area contributed by atoms with E-state index in [1.807, 2.05) is 0 Å². The lowest BCUT2D eigenvalue weighted by Gasteiger charge is -2.26. The molecular formula is C21H22FN3O7S. The van der Waals surface area contributed by atoms with Gasteiger partial charge in [-0.15, -0.1) is 0 Å². The summed E-state index contributed by atoms with van der Waals surface area (Å²) in [4.78, 5) is 34.3. The molecule has 1 aliphatic rings. The van der Waals surface area contributed by atoms with Crippen molar-refractivity contribution in [2.75, 3.05) is 25.0 Å². The van der Waals surface area contributed by atoms with Crippen LogP contribution in [0.4, 0.5) is 15.8 Å². The predicted octanol–water partition coefficient (Wildman–Crippen LogP) is 3.01. The first-order chi connectivity index (χ1) is 15.6. The number of amides is 1. The number of aryl methyl sites for hydroxylation is 1. The molecule has 0 radical (unpaired) electrons. The van der Waals surface area contributed by atoms with Crippen molar-refractivity contribution in [3.63, 3.8) is 0 Å². The van der Waals surface area contributed by atoms with E-state index in [0.29, 0.717) is 18.7 Å². The second-order valence-electron chi connectivity index (χ2n) is 7.49. The lowest BCUT2D eigenvalue weighted by atomic mass is 10.1. The first-order valence-corrected chi connectivity index (χ1v) is 11.6. The molecule has 1 heterocycles. The Morgan fingerprint density at radius 2 is 1.85 bits per heavy atom. The summed E-state index contributed by atoms with van der Waals surface area (Å²) in [6.07, 6.45) is 2.50. The Labute approximate surface area is 189 Å². The smallest absolute Gasteiger partial charge is 0.338 e. The van der Waals surface area contributed by atoms with Gasteiger partial charge in [0.25, 0.3) is 5.91 Å². The number of rotatable bonds is 7. The summed E-state index contributed by atoms with van der Waals surface area (Å²) in [6.45, 7) is 1.73. The summed E-state index contributed by atoms with van der Waals surface area (Å²) in [7, 11) is -3.77.